The Hall–Kier alpha value is -2.85. The number of anilines is 1. The Kier molecular flexibility index (Phi) is 4.15. The molecule has 2 aromatic carbocycles. The molecule has 2 rings (SSSR count). The van der Waals surface area contributed by atoms with Crippen LogP contribution in [0.3, 0.4) is 0 Å². The highest BCUT2D eigenvalue weighted by Gasteiger charge is 2.22. The third-order valence-electron chi connectivity index (χ3n) is 3.04. The molecule has 0 bridgehead atoms. The fourth-order valence-electron chi connectivity index (χ4n) is 1.96. The maximum Gasteiger partial charge on any atom is 0.337 e. The van der Waals surface area contributed by atoms with Crippen LogP contribution in [0.2, 0.25) is 0 Å². The zero-order chi connectivity index (χ0) is 16.3. The van der Waals surface area contributed by atoms with Gasteiger partial charge in [0.25, 0.3) is 10.0 Å². The normalized spacial score (nSPS) is 10.7. The molecule has 0 atom stereocenters. The van der Waals surface area contributed by atoms with E-state index < -0.39 is 16.0 Å². The number of nitriles is 1. The lowest BCUT2D eigenvalue weighted by atomic mass is 10.1. The first-order valence-electron chi connectivity index (χ1n) is 6.21. The molecule has 0 amide bonds. The fraction of sp³-hybridized carbons (Fsp3) is 0.0667. The lowest BCUT2D eigenvalue weighted by molar-refractivity contribution is 0.0698. The summed E-state index contributed by atoms with van der Waals surface area (Å²) in [6.07, 6.45) is 0. The molecule has 0 heterocycles. The molecule has 2 aromatic rings. The number of nitrogens with zero attached hydrogens (tertiary/aromatic N) is 1. The first-order chi connectivity index (χ1) is 10.4. The van der Waals surface area contributed by atoms with Crippen molar-refractivity contribution in [2.24, 2.45) is 0 Å². The summed E-state index contributed by atoms with van der Waals surface area (Å²) in [6, 6.07) is 11.9. The van der Waals surface area contributed by atoms with Crippen molar-refractivity contribution in [3.8, 4) is 6.07 Å². The van der Waals surface area contributed by atoms with Crippen molar-refractivity contribution in [3.05, 3.63) is 59.2 Å². The molecule has 0 radical (unpaired) electrons. The van der Waals surface area contributed by atoms with Crippen molar-refractivity contribution in [2.75, 3.05) is 4.72 Å². The summed E-state index contributed by atoms with van der Waals surface area (Å²) in [6.45, 7) is 1.60. The van der Waals surface area contributed by atoms with Crippen molar-refractivity contribution < 1.29 is 18.3 Å². The maximum absolute atomic E-state index is 12.5. The zero-order valence-electron chi connectivity index (χ0n) is 11.6. The molecule has 0 aromatic heterocycles. The third-order valence-corrected chi connectivity index (χ3v) is 4.44. The molecule has 7 heteroatoms. The number of carboxylic acid groups (broad SMARTS) is 1. The standard InChI is InChI=1S/C15H12N2O4S/c1-10-5-4-7-12(15(18)19)14(10)17-22(20,21)13-8-3-2-6-11(13)9-16/h2-8,17H,1H3,(H,18,19). The first kappa shape index (κ1) is 15.5. The Bertz CT molecular complexity index is 883. The molecule has 0 aliphatic carbocycles. The summed E-state index contributed by atoms with van der Waals surface area (Å²) >= 11 is 0. The number of para-hydroxylation sites is 1. The van der Waals surface area contributed by atoms with Crippen LogP contribution in [0.5, 0.6) is 0 Å². The number of hydrogen-bond acceptors (Lipinski definition) is 4. The van der Waals surface area contributed by atoms with Gasteiger partial charge in [-0.3, -0.25) is 4.72 Å². The minimum Gasteiger partial charge on any atom is -0.478 e. The fourth-order valence-corrected chi connectivity index (χ4v) is 3.27. The molecular weight excluding hydrogens is 304 g/mol. The van der Waals surface area contributed by atoms with E-state index in [9.17, 15) is 18.3 Å². The highest BCUT2D eigenvalue weighted by atomic mass is 32.2. The summed E-state index contributed by atoms with van der Waals surface area (Å²) in [5, 5.41) is 18.2. The van der Waals surface area contributed by atoms with Gasteiger partial charge in [-0.15, -0.1) is 0 Å². The lowest BCUT2D eigenvalue weighted by Gasteiger charge is -2.13. The zero-order valence-corrected chi connectivity index (χ0v) is 12.4. The smallest absolute Gasteiger partial charge is 0.337 e. The number of carboxylic acids is 1. The average molecular weight is 316 g/mol. The largest absolute Gasteiger partial charge is 0.478 e. The van der Waals surface area contributed by atoms with Gasteiger partial charge in [0.15, 0.2) is 0 Å². The molecule has 22 heavy (non-hydrogen) atoms. The summed E-state index contributed by atoms with van der Waals surface area (Å²) in [5.74, 6) is -1.24. The van der Waals surface area contributed by atoms with E-state index in [4.69, 9.17) is 5.26 Å². The number of aryl methyl sites for hydroxylation is 1. The minimum atomic E-state index is -4.07. The van der Waals surface area contributed by atoms with E-state index in [1.165, 1.54) is 30.3 Å². The quantitative estimate of drug-likeness (QED) is 0.900. The molecular formula is C15H12N2O4S. The Labute approximate surface area is 127 Å². The third kappa shape index (κ3) is 2.92. The Balaban J connectivity index is 2.56. The van der Waals surface area contributed by atoms with Gasteiger partial charge in [0, 0.05) is 0 Å². The van der Waals surface area contributed by atoms with Gasteiger partial charge in [0.05, 0.1) is 16.8 Å². The monoisotopic (exact) mass is 316 g/mol. The number of benzene rings is 2. The van der Waals surface area contributed by atoms with Crippen LogP contribution in [0, 0.1) is 18.3 Å². The summed E-state index contributed by atoms with van der Waals surface area (Å²) in [5.41, 5.74) is 0.291. The van der Waals surface area contributed by atoms with E-state index in [0.29, 0.717) is 5.56 Å². The van der Waals surface area contributed by atoms with Gasteiger partial charge in [-0.2, -0.15) is 5.26 Å². The van der Waals surface area contributed by atoms with Crippen LogP contribution < -0.4 is 4.72 Å². The minimum absolute atomic E-state index is 0.0113. The lowest BCUT2D eigenvalue weighted by Crippen LogP contribution is -2.17. The molecule has 0 aliphatic heterocycles. The van der Waals surface area contributed by atoms with E-state index in [0.717, 1.165) is 0 Å². The van der Waals surface area contributed by atoms with Crippen LogP contribution in [0.25, 0.3) is 0 Å². The van der Waals surface area contributed by atoms with Crippen LogP contribution >= 0.6 is 0 Å². The number of aromatic carboxylic acids is 1. The van der Waals surface area contributed by atoms with Crippen molar-refractivity contribution in [1.82, 2.24) is 0 Å². The predicted molar refractivity (Wildman–Crippen MR) is 80.1 cm³/mol. The summed E-state index contributed by atoms with van der Waals surface area (Å²) in [7, 11) is -4.07. The number of carbonyl (C=O) groups is 1. The van der Waals surface area contributed by atoms with Gasteiger partial charge in [0.1, 0.15) is 11.0 Å². The molecule has 0 saturated carbocycles. The summed E-state index contributed by atoms with van der Waals surface area (Å²) < 4.78 is 27.2. The van der Waals surface area contributed by atoms with Crippen molar-refractivity contribution in [3.63, 3.8) is 0 Å². The molecule has 0 aliphatic rings. The molecule has 6 nitrogen and oxygen atoms in total. The van der Waals surface area contributed by atoms with Crippen LogP contribution in [0.1, 0.15) is 21.5 Å². The van der Waals surface area contributed by atoms with Crippen LogP contribution in [0.4, 0.5) is 5.69 Å². The van der Waals surface area contributed by atoms with Gasteiger partial charge in [0.2, 0.25) is 0 Å². The van der Waals surface area contributed by atoms with E-state index in [-0.39, 0.29) is 21.7 Å². The van der Waals surface area contributed by atoms with Crippen LogP contribution in [0.15, 0.2) is 47.4 Å². The van der Waals surface area contributed by atoms with E-state index >= 15 is 0 Å². The van der Waals surface area contributed by atoms with Crippen LogP contribution in [-0.2, 0) is 10.0 Å². The number of hydrogen-bond donors (Lipinski definition) is 2. The number of sulfonamides is 1. The highest BCUT2D eigenvalue weighted by Crippen LogP contribution is 2.25. The van der Waals surface area contributed by atoms with Gasteiger partial charge in [-0.25, -0.2) is 13.2 Å². The Morgan fingerprint density at radius 2 is 1.86 bits per heavy atom. The molecule has 0 saturated heterocycles. The van der Waals surface area contributed by atoms with Gasteiger partial charge in [-0.1, -0.05) is 24.3 Å². The first-order valence-corrected chi connectivity index (χ1v) is 7.70. The topological polar surface area (TPSA) is 107 Å². The van der Waals surface area contributed by atoms with Gasteiger partial charge in [-0.05, 0) is 30.7 Å². The maximum atomic E-state index is 12.5. The predicted octanol–water partition coefficient (Wildman–Crippen LogP) is 2.37. The van der Waals surface area contributed by atoms with Crippen molar-refractivity contribution >= 4 is 21.7 Å². The second kappa shape index (κ2) is 5.87. The van der Waals surface area contributed by atoms with Gasteiger partial charge < -0.3 is 5.11 Å². The second-order valence-electron chi connectivity index (χ2n) is 4.52. The molecule has 2 N–H and O–H groups in total. The van der Waals surface area contributed by atoms with Crippen molar-refractivity contribution in [1.29, 1.82) is 5.26 Å². The molecule has 112 valence electrons. The second-order valence-corrected chi connectivity index (χ2v) is 6.17. The highest BCUT2D eigenvalue weighted by molar-refractivity contribution is 7.92. The number of rotatable bonds is 4. The van der Waals surface area contributed by atoms with Crippen molar-refractivity contribution in [2.45, 2.75) is 11.8 Å². The summed E-state index contributed by atoms with van der Waals surface area (Å²) in [4.78, 5) is 11.0. The number of nitrogens with one attached hydrogen (secondary N) is 1. The van der Waals surface area contributed by atoms with E-state index in [1.807, 2.05) is 0 Å². The van der Waals surface area contributed by atoms with Crippen LogP contribution in [-0.4, -0.2) is 19.5 Å². The Morgan fingerprint density at radius 3 is 2.50 bits per heavy atom. The van der Waals surface area contributed by atoms with E-state index in [1.54, 1.807) is 25.1 Å². The molecule has 0 spiro atoms. The molecule has 0 unspecified atom stereocenters. The SMILES string of the molecule is Cc1cccc(C(=O)O)c1NS(=O)(=O)c1ccccc1C#N. The average Bonchev–Trinajstić information content (AvgIpc) is 2.48. The Morgan fingerprint density at radius 1 is 1.18 bits per heavy atom. The van der Waals surface area contributed by atoms with Gasteiger partial charge >= 0.3 is 5.97 Å². The van der Waals surface area contributed by atoms with E-state index in [2.05, 4.69) is 4.72 Å². The molecule has 0 fully saturated rings.